The molecule has 5 rings (SSSR count). The lowest BCUT2D eigenvalue weighted by Gasteiger charge is -2.29. The van der Waals surface area contributed by atoms with Gasteiger partial charge in [0, 0.05) is 24.7 Å². The molecule has 1 aromatic heterocycles. The smallest absolute Gasteiger partial charge is 0.325 e. The van der Waals surface area contributed by atoms with Crippen LogP contribution in [0, 0.1) is 0 Å². The van der Waals surface area contributed by atoms with E-state index < -0.39 is 17.9 Å². The minimum absolute atomic E-state index is 0.0979. The number of ether oxygens (including phenoxy) is 4. The number of carbonyl (C=O) groups excluding carboxylic acids is 3. The second-order valence-corrected chi connectivity index (χ2v) is 10.6. The van der Waals surface area contributed by atoms with Gasteiger partial charge in [0.25, 0.3) is 0 Å². The number of urea groups is 1. The molecule has 43 heavy (non-hydrogen) atoms. The van der Waals surface area contributed by atoms with Gasteiger partial charge in [0.1, 0.15) is 18.7 Å². The van der Waals surface area contributed by atoms with Crippen LogP contribution in [0.15, 0.2) is 51.9 Å². The summed E-state index contributed by atoms with van der Waals surface area (Å²) in [6.07, 6.45) is 2.65. The molecule has 0 bridgehead atoms. The number of amides is 3. The summed E-state index contributed by atoms with van der Waals surface area (Å²) in [5, 5.41) is 3.20. The van der Waals surface area contributed by atoms with Crippen LogP contribution in [0.2, 0.25) is 5.02 Å². The van der Waals surface area contributed by atoms with E-state index >= 15 is 0 Å². The van der Waals surface area contributed by atoms with Crippen molar-refractivity contribution in [3.8, 4) is 11.5 Å². The Morgan fingerprint density at radius 2 is 1.91 bits per heavy atom. The molecule has 0 radical (unpaired) electrons. The third-order valence-electron chi connectivity index (χ3n) is 7.08. The third kappa shape index (κ3) is 7.57. The number of benzene rings is 2. The van der Waals surface area contributed by atoms with Gasteiger partial charge < -0.3 is 38.5 Å². The molecule has 0 saturated carbocycles. The highest BCUT2D eigenvalue weighted by Crippen LogP contribution is 2.33. The number of hydrogen-bond acceptors (Lipinski definition) is 9. The Morgan fingerprint density at radius 3 is 2.70 bits per heavy atom. The van der Waals surface area contributed by atoms with Gasteiger partial charge in [0.15, 0.2) is 16.9 Å². The molecule has 2 aliphatic heterocycles. The zero-order chi connectivity index (χ0) is 30.3. The minimum atomic E-state index is -0.611. The first-order chi connectivity index (χ1) is 20.8. The van der Waals surface area contributed by atoms with Crippen LogP contribution in [0.3, 0.4) is 0 Å². The van der Waals surface area contributed by atoms with E-state index in [1.54, 1.807) is 37.3 Å². The number of hydrogen-bond donors (Lipinski definition) is 1. The Balaban J connectivity index is 1.40. The van der Waals surface area contributed by atoms with Crippen molar-refractivity contribution in [1.29, 1.82) is 0 Å². The van der Waals surface area contributed by atoms with Gasteiger partial charge in [-0.25, -0.2) is 4.79 Å². The first kappa shape index (κ1) is 30.2. The van der Waals surface area contributed by atoms with Crippen LogP contribution >= 0.6 is 11.6 Å². The summed E-state index contributed by atoms with van der Waals surface area (Å²) in [5.74, 6) is 0.108. The maximum Gasteiger partial charge on any atom is 0.325 e. The lowest BCUT2D eigenvalue weighted by atomic mass is 10.1. The highest BCUT2D eigenvalue weighted by Gasteiger charge is 2.28. The van der Waals surface area contributed by atoms with Gasteiger partial charge >= 0.3 is 12.0 Å². The SMILES string of the molecule is CCOC(=O)CNC(=O)N(CC(=O)N(Cc1ccc2c(c1)OCO2)Cc1coc2ccc(Cl)cc2c1=O)CC1CCCO1. The molecule has 2 aromatic carbocycles. The predicted molar refractivity (Wildman–Crippen MR) is 155 cm³/mol. The summed E-state index contributed by atoms with van der Waals surface area (Å²) < 4.78 is 27.2. The molecule has 13 heteroatoms. The van der Waals surface area contributed by atoms with E-state index in [1.807, 2.05) is 0 Å². The summed E-state index contributed by atoms with van der Waals surface area (Å²) in [4.78, 5) is 55.1. The number of fused-ring (bicyclic) bond motifs is 2. The number of esters is 1. The first-order valence-electron chi connectivity index (χ1n) is 14.0. The largest absolute Gasteiger partial charge is 0.465 e. The zero-order valence-corrected chi connectivity index (χ0v) is 24.4. The van der Waals surface area contributed by atoms with E-state index in [0.717, 1.165) is 18.4 Å². The van der Waals surface area contributed by atoms with Gasteiger partial charge in [-0.15, -0.1) is 0 Å². The van der Waals surface area contributed by atoms with Crippen molar-refractivity contribution >= 4 is 40.5 Å². The van der Waals surface area contributed by atoms with Gasteiger partial charge in [0.05, 0.1) is 36.5 Å². The average Bonchev–Trinajstić information content (AvgIpc) is 3.69. The molecule has 0 aliphatic carbocycles. The molecule has 3 amide bonds. The molecule has 1 fully saturated rings. The van der Waals surface area contributed by atoms with Crippen LogP contribution in [0.25, 0.3) is 11.0 Å². The van der Waals surface area contributed by atoms with Crippen molar-refractivity contribution < 1.29 is 37.7 Å². The molecule has 3 aromatic rings. The van der Waals surface area contributed by atoms with Gasteiger partial charge in [0.2, 0.25) is 12.7 Å². The topological polar surface area (TPSA) is 137 Å². The second kappa shape index (κ2) is 13.8. The van der Waals surface area contributed by atoms with Crippen LogP contribution in [-0.2, 0) is 32.2 Å². The molecule has 1 unspecified atom stereocenters. The van der Waals surface area contributed by atoms with Gasteiger partial charge in [-0.05, 0) is 55.7 Å². The van der Waals surface area contributed by atoms with E-state index in [1.165, 1.54) is 22.1 Å². The normalized spacial score (nSPS) is 15.3. The molecule has 2 aliphatic rings. The Morgan fingerprint density at radius 1 is 1.07 bits per heavy atom. The Hall–Kier alpha value is -4.29. The van der Waals surface area contributed by atoms with Crippen LogP contribution < -0.4 is 20.2 Å². The van der Waals surface area contributed by atoms with E-state index in [2.05, 4.69) is 5.32 Å². The van der Waals surface area contributed by atoms with Crippen molar-refractivity contribution in [3.05, 3.63) is 69.0 Å². The van der Waals surface area contributed by atoms with E-state index in [-0.39, 0.29) is 63.2 Å². The lowest BCUT2D eigenvalue weighted by molar-refractivity contribution is -0.141. The number of nitrogens with one attached hydrogen (secondary N) is 1. The highest BCUT2D eigenvalue weighted by atomic mass is 35.5. The highest BCUT2D eigenvalue weighted by molar-refractivity contribution is 6.31. The van der Waals surface area contributed by atoms with Gasteiger partial charge in [-0.3, -0.25) is 14.4 Å². The Labute approximate surface area is 252 Å². The van der Waals surface area contributed by atoms with E-state index in [0.29, 0.717) is 34.1 Å². The Kier molecular flexibility index (Phi) is 9.68. The van der Waals surface area contributed by atoms with Crippen LogP contribution in [0.4, 0.5) is 4.79 Å². The molecular formula is C30H32ClN3O9. The second-order valence-electron chi connectivity index (χ2n) is 10.1. The van der Waals surface area contributed by atoms with Crippen LogP contribution in [-0.4, -0.2) is 73.5 Å². The van der Waals surface area contributed by atoms with Crippen molar-refractivity contribution in [1.82, 2.24) is 15.1 Å². The molecule has 1 N–H and O–H groups in total. The minimum Gasteiger partial charge on any atom is -0.465 e. The predicted octanol–water partition coefficient (Wildman–Crippen LogP) is 3.46. The molecule has 1 atom stereocenters. The monoisotopic (exact) mass is 613 g/mol. The molecule has 12 nitrogen and oxygen atoms in total. The fraction of sp³-hybridized carbons (Fsp3) is 0.400. The maximum absolute atomic E-state index is 13.9. The first-order valence-corrected chi connectivity index (χ1v) is 14.3. The summed E-state index contributed by atoms with van der Waals surface area (Å²) in [6, 6.07) is 9.45. The Bertz CT molecular complexity index is 1550. The molecule has 3 heterocycles. The molecule has 228 valence electrons. The number of carbonyl (C=O) groups is 3. The fourth-order valence-corrected chi connectivity index (χ4v) is 5.11. The lowest BCUT2D eigenvalue weighted by Crippen LogP contribution is -2.50. The summed E-state index contributed by atoms with van der Waals surface area (Å²) in [6.45, 7) is 1.98. The quantitative estimate of drug-likeness (QED) is 0.322. The summed E-state index contributed by atoms with van der Waals surface area (Å²) in [5.41, 5.74) is 1.01. The number of rotatable bonds is 11. The van der Waals surface area contributed by atoms with E-state index in [9.17, 15) is 19.2 Å². The average molecular weight is 614 g/mol. The molecular weight excluding hydrogens is 582 g/mol. The fourth-order valence-electron chi connectivity index (χ4n) is 4.94. The van der Waals surface area contributed by atoms with Gasteiger partial charge in [-0.1, -0.05) is 17.7 Å². The molecule has 1 saturated heterocycles. The zero-order valence-electron chi connectivity index (χ0n) is 23.6. The van der Waals surface area contributed by atoms with Crippen LogP contribution in [0.1, 0.15) is 30.9 Å². The van der Waals surface area contributed by atoms with Crippen molar-refractivity contribution in [2.45, 2.75) is 39.0 Å². The van der Waals surface area contributed by atoms with Crippen molar-refractivity contribution in [2.24, 2.45) is 0 Å². The van der Waals surface area contributed by atoms with Crippen LogP contribution in [0.5, 0.6) is 11.5 Å². The standard InChI is InChI=1S/C30H32ClN3O9/c1-2-39-28(36)12-32-30(38)34(15-22-4-3-9-40-22)16-27(35)33(13-19-5-7-25-26(10-19)43-18-42-25)14-20-17-41-24-8-6-21(31)11-23(24)29(20)37/h5-8,10-11,17,22H,2-4,9,12-16,18H2,1H3,(H,32,38). The maximum atomic E-state index is 13.9. The number of nitrogens with zero attached hydrogens (tertiary/aromatic N) is 2. The summed E-state index contributed by atoms with van der Waals surface area (Å²) in [7, 11) is 0. The summed E-state index contributed by atoms with van der Waals surface area (Å²) >= 11 is 6.12. The van der Waals surface area contributed by atoms with Gasteiger partial charge in [-0.2, -0.15) is 0 Å². The van der Waals surface area contributed by atoms with Crippen molar-refractivity contribution in [3.63, 3.8) is 0 Å². The van der Waals surface area contributed by atoms with E-state index in [4.69, 9.17) is 35.0 Å². The molecule has 0 spiro atoms. The number of halogens is 1. The van der Waals surface area contributed by atoms with Crippen molar-refractivity contribution in [2.75, 3.05) is 39.6 Å². The third-order valence-corrected chi connectivity index (χ3v) is 7.32.